The second kappa shape index (κ2) is 4.83. The number of carbonyl (C=O) groups excluding carboxylic acids is 1. The van der Waals surface area contributed by atoms with Crippen molar-refractivity contribution in [1.29, 1.82) is 0 Å². The maximum Gasteiger partial charge on any atom is 0.293 e. The molecule has 0 aromatic heterocycles. The van der Waals surface area contributed by atoms with E-state index >= 15 is 0 Å². The third kappa shape index (κ3) is 2.63. The van der Waals surface area contributed by atoms with Crippen LogP contribution in [0.2, 0.25) is 0 Å². The van der Waals surface area contributed by atoms with E-state index in [4.69, 9.17) is 0 Å². The van der Waals surface area contributed by atoms with Gasteiger partial charge in [-0.2, -0.15) is 0 Å². The van der Waals surface area contributed by atoms with Gasteiger partial charge in [0, 0.05) is 23.5 Å². The average Bonchev–Trinajstić information content (AvgIpc) is 2.28. The third-order valence-electron chi connectivity index (χ3n) is 2.73. The highest BCUT2D eigenvalue weighted by atomic mass is 79.9. The first kappa shape index (κ1) is 12.0. The summed E-state index contributed by atoms with van der Waals surface area (Å²) >= 11 is 3.21. The van der Waals surface area contributed by atoms with Crippen molar-refractivity contribution < 1.29 is 9.72 Å². The Bertz CT molecular complexity index is 476. The molecule has 1 aliphatic rings. The molecule has 1 heterocycles. The van der Waals surface area contributed by atoms with Gasteiger partial charge in [-0.25, -0.2) is 0 Å². The van der Waals surface area contributed by atoms with Crippen LogP contribution in [0.15, 0.2) is 22.7 Å². The molecule has 0 atom stereocenters. The summed E-state index contributed by atoms with van der Waals surface area (Å²) in [5, 5.41) is 11.0. The number of ketones is 1. The number of nitro groups is 1. The molecule has 1 fully saturated rings. The number of carbonyl (C=O) groups is 1. The number of halogens is 1. The topological polar surface area (TPSA) is 63.5 Å². The number of piperidine rings is 1. The van der Waals surface area contributed by atoms with E-state index in [-0.39, 0.29) is 18.0 Å². The molecule has 1 aromatic carbocycles. The molecule has 6 heteroatoms. The normalized spacial score (nSPS) is 16.1. The fraction of sp³-hybridized carbons (Fsp3) is 0.364. The lowest BCUT2D eigenvalue weighted by Crippen LogP contribution is -2.35. The molecule has 1 aromatic rings. The summed E-state index contributed by atoms with van der Waals surface area (Å²) in [6.45, 7) is 0.955. The van der Waals surface area contributed by atoms with Gasteiger partial charge in [0.15, 0.2) is 5.78 Å². The van der Waals surface area contributed by atoms with Crippen LogP contribution in [0.25, 0.3) is 0 Å². The van der Waals surface area contributed by atoms with E-state index < -0.39 is 4.92 Å². The van der Waals surface area contributed by atoms with E-state index in [2.05, 4.69) is 15.9 Å². The molecular weight excluding hydrogens is 288 g/mol. The molecule has 1 saturated heterocycles. The van der Waals surface area contributed by atoms with Gasteiger partial charge >= 0.3 is 0 Å². The van der Waals surface area contributed by atoms with Gasteiger partial charge in [-0.3, -0.25) is 14.9 Å². The van der Waals surface area contributed by atoms with Gasteiger partial charge in [0.25, 0.3) is 5.69 Å². The minimum atomic E-state index is -0.417. The Labute approximate surface area is 107 Å². The largest absolute Gasteiger partial charge is 0.359 e. The van der Waals surface area contributed by atoms with Crippen molar-refractivity contribution in [2.45, 2.75) is 12.8 Å². The van der Waals surface area contributed by atoms with Gasteiger partial charge < -0.3 is 4.90 Å². The van der Waals surface area contributed by atoms with Crippen LogP contribution in [0, 0.1) is 10.1 Å². The van der Waals surface area contributed by atoms with Crippen molar-refractivity contribution in [1.82, 2.24) is 0 Å². The maximum absolute atomic E-state index is 11.4. The Hall–Kier alpha value is -1.43. The second-order valence-corrected chi connectivity index (χ2v) is 4.87. The number of hydrogen-bond donors (Lipinski definition) is 0. The lowest BCUT2D eigenvalue weighted by atomic mass is 10.1. The Kier molecular flexibility index (Phi) is 3.42. The lowest BCUT2D eigenvalue weighted by molar-refractivity contribution is -0.384. The number of Topliss-reactive ketones (excluding diaryl/α,β-unsaturated/α-hetero) is 1. The molecule has 0 spiro atoms. The Balaban J connectivity index is 2.37. The van der Waals surface area contributed by atoms with Gasteiger partial charge in [-0.1, -0.05) is 15.9 Å². The van der Waals surface area contributed by atoms with Crippen LogP contribution in [-0.2, 0) is 4.79 Å². The highest BCUT2D eigenvalue weighted by Gasteiger charge is 2.24. The molecule has 2 rings (SSSR count). The van der Waals surface area contributed by atoms with Crippen molar-refractivity contribution in [2.75, 3.05) is 18.0 Å². The molecule has 1 aliphatic heterocycles. The molecule has 5 nitrogen and oxygen atoms in total. The molecule has 90 valence electrons. The van der Waals surface area contributed by atoms with Crippen LogP contribution in [0.4, 0.5) is 11.4 Å². The fourth-order valence-electron chi connectivity index (χ4n) is 1.95. The first-order valence-electron chi connectivity index (χ1n) is 5.28. The summed E-state index contributed by atoms with van der Waals surface area (Å²) in [6, 6.07) is 4.90. The lowest BCUT2D eigenvalue weighted by Gasteiger charge is -2.27. The summed E-state index contributed by atoms with van der Waals surface area (Å²) in [5.74, 6) is 0.133. The summed E-state index contributed by atoms with van der Waals surface area (Å²) in [4.78, 5) is 23.7. The molecule has 0 unspecified atom stereocenters. The minimum Gasteiger partial charge on any atom is -0.359 e. The van der Waals surface area contributed by atoms with E-state index in [0.717, 1.165) is 6.42 Å². The molecule has 17 heavy (non-hydrogen) atoms. The molecule has 0 N–H and O–H groups in total. The molecule has 0 amide bonds. The zero-order chi connectivity index (χ0) is 12.4. The quantitative estimate of drug-likeness (QED) is 0.622. The van der Waals surface area contributed by atoms with Gasteiger partial charge in [0.2, 0.25) is 0 Å². The summed E-state index contributed by atoms with van der Waals surface area (Å²) in [6.07, 6.45) is 1.33. The Morgan fingerprint density at radius 1 is 1.41 bits per heavy atom. The van der Waals surface area contributed by atoms with Crippen molar-refractivity contribution in [3.63, 3.8) is 0 Å². The zero-order valence-electron chi connectivity index (χ0n) is 9.06. The van der Waals surface area contributed by atoms with Gasteiger partial charge in [0.1, 0.15) is 5.69 Å². The van der Waals surface area contributed by atoms with E-state index in [0.29, 0.717) is 23.1 Å². The summed E-state index contributed by atoms with van der Waals surface area (Å²) < 4.78 is 0.663. The first-order valence-corrected chi connectivity index (χ1v) is 6.08. The summed E-state index contributed by atoms with van der Waals surface area (Å²) in [7, 11) is 0. The Morgan fingerprint density at radius 2 is 2.18 bits per heavy atom. The third-order valence-corrected chi connectivity index (χ3v) is 3.22. The van der Waals surface area contributed by atoms with Crippen LogP contribution in [-0.4, -0.2) is 23.8 Å². The van der Waals surface area contributed by atoms with E-state index in [1.54, 1.807) is 17.0 Å². The second-order valence-electron chi connectivity index (χ2n) is 3.95. The van der Waals surface area contributed by atoms with Crippen molar-refractivity contribution in [3.8, 4) is 0 Å². The SMILES string of the molecule is O=C1CCCN(c2ccc(Br)cc2[N+](=O)[O-])C1. The molecule has 0 saturated carbocycles. The van der Waals surface area contributed by atoms with Crippen molar-refractivity contribution in [2.24, 2.45) is 0 Å². The number of benzene rings is 1. The van der Waals surface area contributed by atoms with Crippen molar-refractivity contribution in [3.05, 3.63) is 32.8 Å². The zero-order valence-corrected chi connectivity index (χ0v) is 10.6. The number of nitrogens with zero attached hydrogens (tertiary/aromatic N) is 2. The molecular formula is C11H11BrN2O3. The Morgan fingerprint density at radius 3 is 2.82 bits per heavy atom. The number of hydrogen-bond acceptors (Lipinski definition) is 4. The predicted molar refractivity (Wildman–Crippen MR) is 67.3 cm³/mol. The van der Waals surface area contributed by atoms with Crippen LogP contribution >= 0.6 is 15.9 Å². The molecule has 0 bridgehead atoms. The molecule has 0 aliphatic carbocycles. The van der Waals surface area contributed by atoms with Crippen LogP contribution in [0.3, 0.4) is 0 Å². The highest BCUT2D eigenvalue weighted by molar-refractivity contribution is 9.10. The number of rotatable bonds is 2. The van der Waals surface area contributed by atoms with Crippen LogP contribution < -0.4 is 4.90 Å². The van der Waals surface area contributed by atoms with Gasteiger partial charge in [0.05, 0.1) is 11.5 Å². The van der Waals surface area contributed by atoms with E-state index in [9.17, 15) is 14.9 Å². The number of anilines is 1. The first-order chi connectivity index (χ1) is 8.08. The van der Waals surface area contributed by atoms with Crippen molar-refractivity contribution >= 4 is 33.1 Å². The smallest absolute Gasteiger partial charge is 0.293 e. The van der Waals surface area contributed by atoms with Crippen LogP contribution in [0.5, 0.6) is 0 Å². The van der Waals surface area contributed by atoms with Gasteiger partial charge in [-0.15, -0.1) is 0 Å². The van der Waals surface area contributed by atoms with E-state index in [1.807, 2.05) is 0 Å². The standard InChI is InChI=1S/C11H11BrN2O3/c12-8-3-4-10(11(6-8)14(16)17)13-5-1-2-9(15)7-13/h3-4,6H,1-2,5,7H2. The van der Waals surface area contributed by atoms with Gasteiger partial charge in [-0.05, 0) is 18.6 Å². The average molecular weight is 299 g/mol. The molecule has 0 radical (unpaired) electrons. The maximum atomic E-state index is 11.4. The van der Waals surface area contributed by atoms with Crippen LogP contribution in [0.1, 0.15) is 12.8 Å². The highest BCUT2D eigenvalue weighted by Crippen LogP contribution is 2.32. The summed E-state index contributed by atoms with van der Waals surface area (Å²) in [5.41, 5.74) is 0.556. The predicted octanol–water partition coefficient (Wildman–Crippen LogP) is 2.53. The number of nitro benzene ring substituents is 1. The fourth-order valence-corrected chi connectivity index (χ4v) is 2.30. The minimum absolute atomic E-state index is 0.0362. The monoisotopic (exact) mass is 298 g/mol. The van der Waals surface area contributed by atoms with E-state index in [1.165, 1.54) is 6.07 Å².